The van der Waals surface area contributed by atoms with E-state index in [0.29, 0.717) is 0 Å². The topological polar surface area (TPSA) is 29.1 Å². The van der Waals surface area contributed by atoms with Crippen LogP contribution in [0.5, 0.6) is 0 Å². The van der Waals surface area contributed by atoms with Crippen molar-refractivity contribution in [2.75, 3.05) is 5.32 Å². The molecule has 2 nitrogen and oxygen atoms in total. The monoisotopic (exact) mass is 377 g/mol. The van der Waals surface area contributed by atoms with E-state index in [1.807, 2.05) is 75.4 Å². The zero-order chi connectivity index (χ0) is 19.3. The zero-order valence-electron chi connectivity index (χ0n) is 16.1. The van der Waals surface area contributed by atoms with Crippen LogP contribution in [0, 0.1) is 0 Å². The summed E-state index contributed by atoms with van der Waals surface area (Å²) in [5.74, 6) is 0. The van der Waals surface area contributed by atoms with Gasteiger partial charge in [-0.25, -0.2) is 0 Å². The Labute approximate surface area is 165 Å². The maximum atomic E-state index is 13.6. The third kappa shape index (κ3) is 4.86. The summed E-state index contributed by atoms with van der Waals surface area (Å²) in [5.41, 5.74) is 3.24. The van der Waals surface area contributed by atoms with Gasteiger partial charge in [0.15, 0.2) is 0 Å². The van der Waals surface area contributed by atoms with Crippen LogP contribution in [0.4, 0.5) is 5.69 Å². The second-order valence-electron chi connectivity index (χ2n) is 7.64. The minimum atomic E-state index is -1.09. The first kappa shape index (κ1) is 19.4. The predicted molar refractivity (Wildman–Crippen MR) is 116 cm³/mol. The third-order valence-electron chi connectivity index (χ3n) is 4.52. The highest BCUT2D eigenvalue weighted by atomic mass is 32.2. The summed E-state index contributed by atoms with van der Waals surface area (Å²) in [6.07, 6.45) is 0. The first-order chi connectivity index (χ1) is 13.0. The van der Waals surface area contributed by atoms with E-state index < -0.39 is 10.8 Å². The number of benzene rings is 3. The molecule has 0 fully saturated rings. The molecule has 3 atom stereocenters. The molecule has 3 rings (SSSR count). The summed E-state index contributed by atoms with van der Waals surface area (Å²) in [5, 5.41) is 3.48. The van der Waals surface area contributed by atoms with Crippen molar-refractivity contribution in [2.24, 2.45) is 0 Å². The van der Waals surface area contributed by atoms with Crippen molar-refractivity contribution < 1.29 is 4.21 Å². The number of nitrogens with one attached hydrogen (secondary N) is 1. The highest BCUT2D eigenvalue weighted by molar-refractivity contribution is 7.86. The van der Waals surface area contributed by atoms with Crippen molar-refractivity contribution in [1.82, 2.24) is 0 Å². The van der Waals surface area contributed by atoms with Crippen LogP contribution in [0.15, 0.2) is 91.0 Å². The van der Waals surface area contributed by atoms with Gasteiger partial charge in [0.2, 0.25) is 0 Å². The first-order valence-electron chi connectivity index (χ1n) is 9.29. The Balaban J connectivity index is 2.11. The molecule has 27 heavy (non-hydrogen) atoms. The van der Waals surface area contributed by atoms with Gasteiger partial charge in [-0.05, 0) is 44.0 Å². The van der Waals surface area contributed by atoms with Crippen molar-refractivity contribution in [3.05, 3.63) is 102 Å². The summed E-state index contributed by atoms with van der Waals surface area (Å²) < 4.78 is 13.3. The Morgan fingerprint density at radius 3 is 1.63 bits per heavy atom. The minimum absolute atomic E-state index is 0.101. The summed E-state index contributed by atoms with van der Waals surface area (Å²) in [4.78, 5) is 0. The van der Waals surface area contributed by atoms with Crippen molar-refractivity contribution in [3.8, 4) is 0 Å². The second kappa shape index (κ2) is 8.53. The number of rotatable bonds is 6. The maximum Gasteiger partial charge on any atom is 0.0845 e. The van der Waals surface area contributed by atoms with Gasteiger partial charge in [-0.15, -0.1) is 0 Å². The molecule has 0 heterocycles. The van der Waals surface area contributed by atoms with Gasteiger partial charge in [0.05, 0.1) is 11.3 Å². The van der Waals surface area contributed by atoms with Crippen molar-refractivity contribution >= 4 is 16.5 Å². The molecule has 1 unspecified atom stereocenters. The number of para-hydroxylation sites is 1. The van der Waals surface area contributed by atoms with Gasteiger partial charge in [0.25, 0.3) is 0 Å². The van der Waals surface area contributed by atoms with Crippen LogP contribution in [0.2, 0.25) is 0 Å². The van der Waals surface area contributed by atoms with Crippen molar-refractivity contribution in [1.29, 1.82) is 0 Å². The fourth-order valence-corrected chi connectivity index (χ4v) is 4.81. The summed E-state index contributed by atoms with van der Waals surface area (Å²) in [6.45, 7) is 6.14. The van der Waals surface area contributed by atoms with Crippen LogP contribution in [0.3, 0.4) is 0 Å². The molecule has 140 valence electrons. The Hall–Kier alpha value is -2.39. The van der Waals surface area contributed by atoms with E-state index in [9.17, 15) is 4.21 Å². The van der Waals surface area contributed by atoms with Gasteiger partial charge in [-0.1, -0.05) is 78.9 Å². The standard InChI is InChI=1S/C24H27NOS/c1-24(2,3)27(26)23(20-15-9-5-10-16-20)22(19-13-7-4-8-14-19)25-21-17-11-6-12-18-21/h4-18,22-23,25H,1-3H3/t22-,23+,27?/m0/s1. The summed E-state index contributed by atoms with van der Waals surface area (Å²) >= 11 is 0. The molecule has 0 aliphatic heterocycles. The molecule has 0 aliphatic carbocycles. The third-order valence-corrected chi connectivity index (χ3v) is 6.73. The normalized spacial score (nSPS) is 14.9. The van der Waals surface area contributed by atoms with E-state index in [1.54, 1.807) is 0 Å². The maximum absolute atomic E-state index is 13.6. The lowest BCUT2D eigenvalue weighted by Gasteiger charge is -2.33. The van der Waals surface area contributed by atoms with E-state index in [-0.39, 0.29) is 16.0 Å². The van der Waals surface area contributed by atoms with E-state index >= 15 is 0 Å². The smallest absolute Gasteiger partial charge is 0.0845 e. The first-order valence-corrected chi connectivity index (χ1v) is 10.5. The van der Waals surface area contributed by atoms with E-state index in [2.05, 4.69) is 41.7 Å². The molecule has 0 amide bonds. The van der Waals surface area contributed by atoms with Crippen LogP contribution in [0.25, 0.3) is 0 Å². The lowest BCUT2D eigenvalue weighted by atomic mass is 9.97. The molecule has 3 heteroatoms. The Morgan fingerprint density at radius 2 is 1.15 bits per heavy atom. The van der Waals surface area contributed by atoms with Gasteiger partial charge in [-0.3, -0.25) is 4.21 Å². The van der Waals surface area contributed by atoms with Gasteiger partial charge in [0, 0.05) is 21.2 Å². The zero-order valence-corrected chi connectivity index (χ0v) is 16.9. The summed E-state index contributed by atoms with van der Waals surface area (Å²) in [6, 6.07) is 30.6. The van der Waals surface area contributed by atoms with Crippen LogP contribution in [-0.2, 0) is 10.8 Å². The lowest BCUT2D eigenvalue weighted by Crippen LogP contribution is -2.32. The average Bonchev–Trinajstić information content (AvgIpc) is 2.69. The molecule has 1 N–H and O–H groups in total. The van der Waals surface area contributed by atoms with Crippen LogP contribution in [0.1, 0.15) is 43.2 Å². The highest BCUT2D eigenvalue weighted by Crippen LogP contribution is 2.40. The molecule has 0 aliphatic rings. The van der Waals surface area contributed by atoms with Crippen molar-refractivity contribution in [2.45, 2.75) is 36.8 Å². The fraction of sp³-hybridized carbons (Fsp3) is 0.250. The van der Waals surface area contributed by atoms with Crippen LogP contribution >= 0.6 is 0 Å². The molecule has 0 saturated heterocycles. The number of hydrogen-bond donors (Lipinski definition) is 1. The SMILES string of the molecule is CC(C)(C)S(=O)[C@H](c1ccccc1)[C@@H](Nc1ccccc1)c1ccccc1. The molecular weight excluding hydrogens is 350 g/mol. The molecule has 0 spiro atoms. The van der Waals surface area contributed by atoms with Gasteiger partial charge >= 0.3 is 0 Å². The largest absolute Gasteiger partial charge is 0.377 e. The predicted octanol–water partition coefficient (Wildman–Crippen LogP) is 6.13. The van der Waals surface area contributed by atoms with E-state index in [4.69, 9.17) is 0 Å². The van der Waals surface area contributed by atoms with E-state index in [1.165, 1.54) is 0 Å². The quantitative estimate of drug-likeness (QED) is 0.560. The van der Waals surface area contributed by atoms with Crippen LogP contribution < -0.4 is 5.32 Å². The highest BCUT2D eigenvalue weighted by Gasteiger charge is 2.36. The van der Waals surface area contributed by atoms with Crippen LogP contribution in [-0.4, -0.2) is 8.96 Å². The number of hydrogen-bond acceptors (Lipinski definition) is 2. The van der Waals surface area contributed by atoms with E-state index in [0.717, 1.165) is 16.8 Å². The molecule has 0 aromatic heterocycles. The molecule has 3 aromatic carbocycles. The summed E-state index contributed by atoms with van der Waals surface area (Å²) in [7, 11) is -1.09. The van der Waals surface area contributed by atoms with Gasteiger partial charge in [0.1, 0.15) is 0 Å². The minimum Gasteiger partial charge on any atom is -0.377 e. The molecule has 0 bridgehead atoms. The molecule has 0 saturated carbocycles. The van der Waals surface area contributed by atoms with Crippen molar-refractivity contribution in [3.63, 3.8) is 0 Å². The number of anilines is 1. The fourth-order valence-electron chi connectivity index (χ4n) is 3.17. The Morgan fingerprint density at radius 1 is 0.704 bits per heavy atom. The Kier molecular flexibility index (Phi) is 6.12. The Bertz CT molecular complexity index is 857. The average molecular weight is 378 g/mol. The van der Waals surface area contributed by atoms with Gasteiger partial charge < -0.3 is 5.32 Å². The second-order valence-corrected chi connectivity index (χ2v) is 9.97. The molecule has 3 aromatic rings. The molecule has 0 radical (unpaired) electrons. The molecular formula is C24H27NOS. The lowest BCUT2D eigenvalue weighted by molar-refractivity contribution is 0.618. The van der Waals surface area contributed by atoms with Gasteiger partial charge in [-0.2, -0.15) is 0 Å².